The Hall–Kier alpha value is -2.34. The van der Waals surface area contributed by atoms with Crippen molar-refractivity contribution in [1.82, 2.24) is 5.32 Å². The normalized spacial score (nSPS) is 26.6. The summed E-state index contributed by atoms with van der Waals surface area (Å²) in [7, 11) is -9.44. The van der Waals surface area contributed by atoms with E-state index >= 15 is 0 Å². The van der Waals surface area contributed by atoms with E-state index in [2.05, 4.69) is 5.32 Å². The van der Waals surface area contributed by atoms with E-state index in [-0.39, 0.29) is 6.61 Å². The average Bonchev–Trinajstić information content (AvgIpc) is 3.22. The second kappa shape index (κ2) is 9.03. The van der Waals surface area contributed by atoms with E-state index in [1.54, 1.807) is 19.1 Å². The second-order valence-corrected chi connectivity index (χ2v) is 12.5. The van der Waals surface area contributed by atoms with Gasteiger partial charge >= 0.3 is 0 Å². The molecule has 5 N–H and O–H groups in total. The van der Waals surface area contributed by atoms with Gasteiger partial charge in [0.2, 0.25) is 24.1 Å². The topological polar surface area (TPSA) is 142 Å². The zero-order valence-electron chi connectivity index (χ0n) is 18.8. The van der Waals surface area contributed by atoms with Gasteiger partial charge in [0.05, 0.1) is 6.04 Å². The van der Waals surface area contributed by atoms with Crippen LogP contribution in [-0.4, -0.2) is 33.1 Å². The highest BCUT2D eigenvalue weighted by Crippen LogP contribution is 2.50. The molecule has 2 aliphatic rings. The summed E-state index contributed by atoms with van der Waals surface area (Å²) in [5, 5.41) is 14.7. The van der Waals surface area contributed by atoms with E-state index in [9.17, 15) is 16.8 Å². The minimum absolute atomic E-state index is 0.223. The molecular formula is C24H29N3O5S2. The van der Waals surface area contributed by atoms with Crippen molar-refractivity contribution < 1.29 is 21.6 Å². The van der Waals surface area contributed by atoms with E-state index in [4.69, 9.17) is 15.0 Å². The minimum Gasteiger partial charge on any atom is -0.369 e. The molecular weight excluding hydrogens is 474 g/mol. The van der Waals surface area contributed by atoms with Gasteiger partial charge in [0.1, 0.15) is 5.60 Å². The number of primary sulfonamides is 2. The zero-order chi connectivity index (χ0) is 24.6. The smallest absolute Gasteiger partial charge is 0.231 e. The van der Waals surface area contributed by atoms with Gasteiger partial charge in [-0.3, -0.25) is 0 Å². The number of fused-ring (bicyclic) bond motifs is 1. The first-order valence-corrected chi connectivity index (χ1v) is 14.1. The second-order valence-electron chi connectivity index (χ2n) is 8.63. The molecule has 2 aromatic rings. The number of hydrogen-bond donors (Lipinski definition) is 3. The lowest BCUT2D eigenvalue weighted by molar-refractivity contribution is -0.0419. The summed E-state index contributed by atoms with van der Waals surface area (Å²) in [6.07, 6.45) is 6.02. The van der Waals surface area contributed by atoms with Crippen molar-refractivity contribution in [3.63, 3.8) is 0 Å². The molecule has 0 bridgehead atoms. The molecule has 34 heavy (non-hydrogen) atoms. The van der Waals surface area contributed by atoms with Gasteiger partial charge in [0, 0.05) is 25.5 Å². The summed E-state index contributed by atoms with van der Waals surface area (Å²) >= 11 is 0. The molecule has 0 saturated heterocycles. The van der Waals surface area contributed by atoms with Gasteiger partial charge in [-0.2, -0.15) is 0 Å². The predicted molar refractivity (Wildman–Crippen MR) is 132 cm³/mol. The molecule has 182 valence electrons. The van der Waals surface area contributed by atoms with Crippen molar-refractivity contribution >= 4 is 26.1 Å². The van der Waals surface area contributed by atoms with Crippen LogP contribution in [0.25, 0.3) is 6.08 Å². The van der Waals surface area contributed by atoms with Crippen molar-refractivity contribution in [3.8, 4) is 0 Å². The van der Waals surface area contributed by atoms with Gasteiger partial charge in [-0.05, 0) is 23.6 Å². The third-order valence-corrected chi connectivity index (χ3v) is 10.8. The lowest BCUT2D eigenvalue weighted by atomic mass is 9.77. The lowest BCUT2D eigenvalue weighted by Crippen LogP contribution is -2.64. The molecule has 0 amide bonds. The Labute approximate surface area is 200 Å². The van der Waals surface area contributed by atoms with Gasteiger partial charge < -0.3 is 10.1 Å². The molecule has 0 aromatic heterocycles. The van der Waals surface area contributed by atoms with Crippen LogP contribution in [0.1, 0.15) is 36.1 Å². The van der Waals surface area contributed by atoms with Crippen LogP contribution in [-0.2, 0) is 31.3 Å². The summed E-state index contributed by atoms with van der Waals surface area (Å²) in [6.45, 7) is 2.53. The first-order valence-electron chi connectivity index (χ1n) is 11.0. The number of ether oxygens (including phenoxy) is 1. The van der Waals surface area contributed by atoms with Crippen LogP contribution in [0, 0.1) is 5.92 Å². The maximum atomic E-state index is 13.1. The van der Waals surface area contributed by atoms with E-state index < -0.39 is 48.1 Å². The number of nitrogens with two attached hydrogens (primary N) is 2. The molecule has 2 aromatic carbocycles. The molecule has 3 unspecified atom stereocenters. The molecule has 0 spiro atoms. The number of benzene rings is 2. The molecule has 1 aliphatic carbocycles. The molecule has 1 aliphatic heterocycles. The Balaban J connectivity index is 1.91. The Morgan fingerprint density at radius 2 is 1.68 bits per heavy atom. The Bertz CT molecular complexity index is 1290. The van der Waals surface area contributed by atoms with Crippen LogP contribution in [0.3, 0.4) is 0 Å². The van der Waals surface area contributed by atoms with Gasteiger partial charge in [0.25, 0.3) is 0 Å². The fourth-order valence-corrected chi connectivity index (χ4v) is 8.31. The highest BCUT2D eigenvalue weighted by Gasteiger charge is 2.64. The summed E-state index contributed by atoms with van der Waals surface area (Å²) in [5.74, 6) is -1.12. The molecule has 8 nitrogen and oxygen atoms in total. The Kier molecular flexibility index (Phi) is 6.58. The van der Waals surface area contributed by atoms with Crippen molar-refractivity contribution in [3.05, 3.63) is 89.5 Å². The first-order chi connectivity index (χ1) is 16.0. The molecule has 0 radical (unpaired) electrons. The van der Waals surface area contributed by atoms with Crippen molar-refractivity contribution in [2.75, 3.05) is 6.61 Å². The van der Waals surface area contributed by atoms with E-state index in [1.165, 1.54) is 12.2 Å². The summed E-state index contributed by atoms with van der Waals surface area (Å²) in [5.41, 5.74) is 1.42. The third kappa shape index (κ3) is 4.15. The van der Waals surface area contributed by atoms with Gasteiger partial charge in [-0.15, -0.1) is 0 Å². The summed E-state index contributed by atoms with van der Waals surface area (Å²) in [4.78, 5) is 0. The number of rotatable bonds is 7. The van der Waals surface area contributed by atoms with E-state index in [0.29, 0.717) is 6.54 Å². The fourth-order valence-electron chi connectivity index (χ4n) is 5.09. The van der Waals surface area contributed by atoms with E-state index in [1.807, 2.05) is 54.6 Å². The number of hydrogen-bond acceptors (Lipinski definition) is 6. The van der Waals surface area contributed by atoms with Crippen molar-refractivity contribution in [1.29, 1.82) is 0 Å². The predicted octanol–water partition coefficient (Wildman–Crippen LogP) is 2.17. The molecule has 1 heterocycles. The highest BCUT2D eigenvalue weighted by atomic mass is 32.3. The highest BCUT2D eigenvalue weighted by molar-refractivity contribution is 8.08. The van der Waals surface area contributed by atoms with Crippen molar-refractivity contribution in [2.45, 2.75) is 35.6 Å². The Morgan fingerprint density at radius 3 is 2.32 bits per heavy atom. The van der Waals surface area contributed by atoms with Crippen LogP contribution in [0.5, 0.6) is 0 Å². The average molecular weight is 504 g/mol. The zero-order valence-corrected chi connectivity index (χ0v) is 20.4. The Morgan fingerprint density at radius 1 is 1.03 bits per heavy atom. The van der Waals surface area contributed by atoms with Gasteiger partial charge in [-0.25, -0.2) is 27.1 Å². The molecule has 4 rings (SSSR count). The quantitative estimate of drug-likeness (QED) is 0.495. The maximum Gasteiger partial charge on any atom is 0.231 e. The number of allylic oxidation sites excluding steroid dienone is 2. The summed E-state index contributed by atoms with van der Waals surface area (Å²) < 4.78 is 56.1. The lowest BCUT2D eigenvalue weighted by Gasteiger charge is -2.47. The number of sulfonamides is 2. The molecule has 10 heteroatoms. The molecule has 0 fully saturated rings. The maximum absolute atomic E-state index is 13.1. The molecule has 3 atom stereocenters. The van der Waals surface area contributed by atoms with Crippen molar-refractivity contribution in [2.24, 2.45) is 16.2 Å². The largest absolute Gasteiger partial charge is 0.369 e. The standard InChI is InChI=1S/C24H29N3O5S2/c1-2-32-23(22-21-11-7-6-10-19(21)16-27-22)15-14-20(13-12-18-8-4-3-5-9-18)24(17-23,33(25,28)29)34(26,30)31/h3-15,20,22,27H,2,16-17H2,1H3,(H2,25,28,29)(H2,26,30,31). The number of nitrogens with one attached hydrogen (secondary N) is 1. The SMILES string of the molecule is CCOC1(C2NCc3ccccc32)C=CC(C=Cc2ccccc2)C(S(N)(=O)=O)(S(N)(=O)=O)C1. The van der Waals surface area contributed by atoms with Gasteiger partial charge in [-0.1, -0.05) is 78.9 Å². The fraction of sp³-hybridized carbons (Fsp3) is 0.333. The monoisotopic (exact) mass is 503 g/mol. The third-order valence-electron chi connectivity index (χ3n) is 6.64. The summed E-state index contributed by atoms with van der Waals surface area (Å²) in [6, 6.07) is 16.3. The first kappa shape index (κ1) is 24.8. The molecule has 0 saturated carbocycles. The van der Waals surface area contributed by atoms with Crippen LogP contribution >= 0.6 is 0 Å². The van der Waals surface area contributed by atoms with Crippen LogP contribution in [0.15, 0.2) is 72.8 Å². The van der Waals surface area contributed by atoms with Crippen LogP contribution in [0.2, 0.25) is 0 Å². The minimum atomic E-state index is -4.72. The van der Waals surface area contributed by atoms with Crippen LogP contribution in [0.4, 0.5) is 0 Å². The van der Waals surface area contributed by atoms with Gasteiger partial charge in [0.15, 0.2) is 0 Å². The van der Waals surface area contributed by atoms with E-state index in [0.717, 1.165) is 16.7 Å². The van der Waals surface area contributed by atoms with Crippen LogP contribution < -0.4 is 15.6 Å².